The van der Waals surface area contributed by atoms with Gasteiger partial charge in [0.15, 0.2) is 0 Å². The Labute approximate surface area is 125 Å². The predicted molar refractivity (Wildman–Crippen MR) is 84.2 cm³/mol. The van der Waals surface area contributed by atoms with Crippen molar-refractivity contribution in [1.82, 2.24) is 0 Å². The standard InChI is InChI=1S/C14H14BrN3O2/c1-20-13-7-9(15)6-12(8-13)18-14(19)17-11-4-2-10(16)3-5-11/h2-8H,16H2,1H3,(H2,17,18,19). The molecule has 0 bridgehead atoms. The van der Waals surface area contributed by atoms with E-state index in [4.69, 9.17) is 10.5 Å². The van der Waals surface area contributed by atoms with Crippen LogP contribution in [0.5, 0.6) is 5.75 Å². The minimum atomic E-state index is -0.338. The van der Waals surface area contributed by atoms with E-state index in [-0.39, 0.29) is 6.03 Å². The number of nitrogen functional groups attached to an aromatic ring is 1. The van der Waals surface area contributed by atoms with Gasteiger partial charge in [-0.1, -0.05) is 15.9 Å². The van der Waals surface area contributed by atoms with Crippen LogP contribution in [0, 0.1) is 0 Å². The van der Waals surface area contributed by atoms with Gasteiger partial charge in [-0.25, -0.2) is 4.79 Å². The van der Waals surface area contributed by atoms with Crippen molar-refractivity contribution in [2.75, 3.05) is 23.5 Å². The SMILES string of the molecule is COc1cc(Br)cc(NC(=O)Nc2ccc(N)cc2)c1. The van der Waals surface area contributed by atoms with Crippen LogP contribution in [0.15, 0.2) is 46.9 Å². The van der Waals surface area contributed by atoms with Crippen molar-refractivity contribution in [2.24, 2.45) is 0 Å². The summed E-state index contributed by atoms with van der Waals surface area (Å²) in [6, 6.07) is 11.9. The number of carbonyl (C=O) groups excluding carboxylic acids is 1. The summed E-state index contributed by atoms with van der Waals surface area (Å²) in [4.78, 5) is 11.9. The van der Waals surface area contributed by atoms with Gasteiger partial charge in [0.05, 0.1) is 7.11 Å². The molecule has 2 amide bonds. The fourth-order valence-electron chi connectivity index (χ4n) is 1.61. The number of rotatable bonds is 3. The molecule has 6 heteroatoms. The van der Waals surface area contributed by atoms with Gasteiger partial charge in [0, 0.05) is 27.6 Å². The number of hydrogen-bond acceptors (Lipinski definition) is 3. The molecular formula is C14H14BrN3O2. The van der Waals surface area contributed by atoms with Gasteiger partial charge in [0.2, 0.25) is 0 Å². The average molecular weight is 336 g/mol. The van der Waals surface area contributed by atoms with Crippen LogP contribution in [-0.4, -0.2) is 13.1 Å². The average Bonchev–Trinajstić information content (AvgIpc) is 2.40. The number of carbonyl (C=O) groups is 1. The van der Waals surface area contributed by atoms with E-state index in [1.807, 2.05) is 6.07 Å². The number of anilines is 3. The second-order valence-corrected chi connectivity index (χ2v) is 5.00. The lowest BCUT2D eigenvalue weighted by molar-refractivity contribution is 0.262. The molecule has 0 heterocycles. The van der Waals surface area contributed by atoms with E-state index in [0.29, 0.717) is 22.8 Å². The Kier molecular flexibility index (Phi) is 4.47. The van der Waals surface area contributed by atoms with Crippen molar-refractivity contribution in [1.29, 1.82) is 0 Å². The molecular weight excluding hydrogens is 322 g/mol. The topological polar surface area (TPSA) is 76.4 Å². The van der Waals surface area contributed by atoms with E-state index in [9.17, 15) is 4.79 Å². The molecule has 0 aliphatic carbocycles. The number of halogens is 1. The molecule has 2 aromatic rings. The number of benzene rings is 2. The third-order valence-corrected chi connectivity index (χ3v) is 2.99. The fraction of sp³-hybridized carbons (Fsp3) is 0.0714. The summed E-state index contributed by atoms with van der Waals surface area (Å²) >= 11 is 3.35. The van der Waals surface area contributed by atoms with Crippen molar-refractivity contribution in [3.63, 3.8) is 0 Å². The molecule has 0 aromatic heterocycles. The van der Waals surface area contributed by atoms with Gasteiger partial charge in [-0.15, -0.1) is 0 Å². The number of amides is 2. The summed E-state index contributed by atoms with van der Waals surface area (Å²) in [5.74, 6) is 0.655. The van der Waals surface area contributed by atoms with Crippen LogP contribution in [0.1, 0.15) is 0 Å². The van der Waals surface area contributed by atoms with Crippen molar-refractivity contribution in [2.45, 2.75) is 0 Å². The summed E-state index contributed by atoms with van der Waals surface area (Å²) < 4.78 is 5.95. The molecule has 0 aliphatic heterocycles. The van der Waals surface area contributed by atoms with Crippen molar-refractivity contribution in [3.8, 4) is 5.75 Å². The van der Waals surface area contributed by atoms with Crippen LogP contribution in [0.4, 0.5) is 21.9 Å². The molecule has 0 unspecified atom stereocenters. The van der Waals surface area contributed by atoms with Crippen LogP contribution >= 0.6 is 15.9 Å². The number of ether oxygens (including phenoxy) is 1. The highest BCUT2D eigenvalue weighted by molar-refractivity contribution is 9.10. The van der Waals surface area contributed by atoms with Crippen LogP contribution < -0.4 is 21.1 Å². The molecule has 0 aliphatic rings. The van der Waals surface area contributed by atoms with Crippen LogP contribution in [0.2, 0.25) is 0 Å². The monoisotopic (exact) mass is 335 g/mol. The maximum Gasteiger partial charge on any atom is 0.323 e. The number of nitrogens with one attached hydrogen (secondary N) is 2. The Morgan fingerprint density at radius 2 is 1.75 bits per heavy atom. The molecule has 0 fully saturated rings. The van der Waals surface area contributed by atoms with E-state index in [1.165, 1.54) is 0 Å². The first kappa shape index (κ1) is 14.2. The zero-order valence-electron chi connectivity index (χ0n) is 10.8. The van der Waals surface area contributed by atoms with Crippen LogP contribution in [0.25, 0.3) is 0 Å². The number of methoxy groups -OCH3 is 1. The third-order valence-electron chi connectivity index (χ3n) is 2.53. The highest BCUT2D eigenvalue weighted by Crippen LogP contribution is 2.24. The molecule has 0 saturated carbocycles. The normalized spacial score (nSPS) is 9.90. The van der Waals surface area contributed by atoms with Crippen LogP contribution in [-0.2, 0) is 0 Å². The molecule has 5 nitrogen and oxygen atoms in total. The fourth-order valence-corrected chi connectivity index (χ4v) is 2.08. The van der Waals surface area contributed by atoms with Gasteiger partial charge in [-0.05, 0) is 36.4 Å². The number of urea groups is 1. The zero-order chi connectivity index (χ0) is 14.5. The summed E-state index contributed by atoms with van der Waals surface area (Å²) in [5, 5.41) is 5.44. The highest BCUT2D eigenvalue weighted by Gasteiger charge is 2.05. The lowest BCUT2D eigenvalue weighted by Gasteiger charge is -2.09. The molecule has 0 radical (unpaired) electrons. The van der Waals surface area contributed by atoms with Crippen molar-refractivity contribution < 1.29 is 9.53 Å². The molecule has 0 spiro atoms. The second-order valence-electron chi connectivity index (χ2n) is 4.08. The van der Waals surface area contributed by atoms with E-state index in [0.717, 1.165) is 4.47 Å². The van der Waals surface area contributed by atoms with Crippen molar-refractivity contribution >= 4 is 39.0 Å². The quantitative estimate of drug-likeness (QED) is 0.748. The van der Waals surface area contributed by atoms with Gasteiger partial charge in [-0.2, -0.15) is 0 Å². The van der Waals surface area contributed by atoms with Crippen LogP contribution in [0.3, 0.4) is 0 Å². The van der Waals surface area contributed by atoms with Gasteiger partial charge >= 0.3 is 6.03 Å². The summed E-state index contributed by atoms with van der Waals surface area (Å²) in [6.07, 6.45) is 0. The molecule has 0 atom stereocenters. The highest BCUT2D eigenvalue weighted by atomic mass is 79.9. The minimum absolute atomic E-state index is 0.338. The first-order valence-corrected chi connectivity index (χ1v) is 6.64. The number of nitrogens with two attached hydrogens (primary N) is 1. The summed E-state index contributed by atoms with van der Waals surface area (Å²) in [6.45, 7) is 0. The molecule has 2 aromatic carbocycles. The molecule has 20 heavy (non-hydrogen) atoms. The third kappa shape index (κ3) is 3.89. The first-order chi connectivity index (χ1) is 9.56. The lowest BCUT2D eigenvalue weighted by Crippen LogP contribution is -2.19. The number of hydrogen-bond donors (Lipinski definition) is 3. The molecule has 0 saturated heterocycles. The molecule has 104 valence electrons. The molecule has 2 rings (SSSR count). The summed E-state index contributed by atoms with van der Waals surface area (Å²) in [5.41, 5.74) is 7.52. The van der Waals surface area contributed by atoms with Gasteiger partial charge in [0.25, 0.3) is 0 Å². The second kappa shape index (κ2) is 6.29. The minimum Gasteiger partial charge on any atom is -0.497 e. The lowest BCUT2D eigenvalue weighted by atomic mass is 10.3. The Balaban J connectivity index is 2.04. The Morgan fingerprint density at radius 3 is 2.40 bits per heavy atom. The van der Waals surface area contributed by atoms with E-state index < -0.39 is 0 Å². The van der Waals surface area contributed by atoms with Gasteiger partial charge in [-0.3, -0.25) is 0 Å². The van der Waals surface area contributed by atoms with E-state index in [2.05, 4.69) is 26.6 Å². The smallest absolute Gasteiger partial charge is 0.323 e. The largest absolute Gasteiger partial charge is 0.497 e. The predicted octanol–water partition coefficient (Wildman–Crippen LogP) is 3.68. The Morgan fingerprint density at radius 1 is 1.10 bits per heavy atom. The van der Waals surface area contributed by atoms with Gasteiger partial charge in [0.1, 0.15) is 5.75 Å². The Hall–Kier alpha value is -2.21. The van der Waals surface area contributed by atoms with E-state index >= 15 is 0 Å². The van der Waals surface area contributed by atoms with Gasteiger partial charge < -0.3 is 21.1 Å². The van der Waals surface area contributed by atoms with E-state index in [1.54, 1.807) is 43.5 Å². The van der Waals surface area contributed by atoms with Crippen molar-refractivity contribution in [3.05, 3.63) is 46.9 Å². The maximum absolute atomic E-state index is 11.9. The molecule has 4 N–H and O–H groups in total. The zero-order valence-corrected chi connectivity index (χ0v) is 12.4. The summed E-state index contributed by atoms with van der Waals surface area (Å²) in [7, 11) is 1.57. The Bertz CT molecular complexity index is 614. The maximum atomic E-state index is 11.9. The first-order valence-electron chi connectivity index (χ1n) is 5.85.